The summed E-state index contributed by atoms with van der Waals surface area (Å²) < 4.78 is 31.6. The Kier molecular flexibility index (Phi) is 6.35. The molecule has 172 valence electrons. The van der Waals surface area contributed by atoms with Crippen molar-refractivity contribution in [2.75, 3.05) is 0 Å². The molecule has 2 aromatic carbocycles. The van der Waals surface area contributed by atoms with E-state index >= 15 is 0 Å². The van der Waals surface area contributed by atoms with Crippen molar-refractivity contribution in [1.29, 1.82) is 0 Å². The van der Waals surface area contributed by atoms with E-state index < -0.39 is 17.9 Å². The van der Waals surface area contributed by atoms with Crippen LogP contribution >= 0.6 is 23.5 Å². The third kappa shape index (κ3) is 5.04. The van der Waals surface area contributed by atoms with Crippen LogP contribution in [0, 0.1) is 0 Å². The molecule has 0 N–H and O–H groups in total. The van der Waals surface area contributed by atoms with Crippen LogP contribution in [0.1, 0.15) is 34.1 Å². The molecule has 0 aliphatic carbocycles. The molecule has 3 aliphatic heterocycles. The van der Waals surface area contributed by atoms with Crippen LogP contribution in [0.15, 0.2) is 70.5 Å². The van der Waals surface area contributed by atoms with Crippen LogP contribution in [0.3, 0.4) is 0 Å². The Labute approximate surface area is 198 Å². The number of ether oxygens (including phenoxy) is 5. The van der Waals surface area contributed by atoms with Gasteiger partial charge in [-0.05, 0) is 58.4 Å². The van der Waals surface area contributed by atoms with Crippen molar-refractivity contribution in [2.24, 2.45) is 0 Å². The molecule has 3 fully saturated rings. The summed E-state index contributed by atoms with van der Waals surface area (Å²) in [6.07, 6.45) is -0.573. The van der Waals surface area contributed by atoms with E-state index in [1.165, 1.54) is 9.79 Å². The van der Waals surface area contributed by atoms with E-state index in [4.69, 9.17) is 23.7 Å². The van der Waals surface area contributed by atoms with Crippen molar-refractivity contribution < 1.29 is 23.7 Å². The predicted molar refractivity (Wildman–Crippen MR) is 126 cm³/mol. The summed E-state index contributed by atoms with van der Waals surface area (Å²) in [5.41, 5.74) is 0. The lowest BCUT2D eigenvalue weighted by Gasteiger charge is -2.38. The highest BCUT2D eigenvalue weighted by Gasteiger charge is 2.60. The maximum Gasteiger partial charge on any atom is 0.190 e. The van der Waals surface area contributed by atoms with Crippen LogP contribution in [0.2, 0.25) is 0 Å². The minimum absolute atomic E-state index is 0.169. The highest BCUT2D eigenvalue weighted by molar-refractivity contribution is 8.17. The minimum Gasteiger partial charge on any atom is -0.344 e. The molecule has 2 aromatic rings. The van der Waals surface area contributed by atoms with Gasteiger partial charge in [-0.25, -0.2) is 0 Å². The first-order chi connectivity index (χ1) is 15.3. The topological polar surface area (TPSA) is 46.2 Å². The van der Waals surface area contributed by atoms with Gasteiger partial charge in [0.25, 0.3) is 0 Å². The van der Waals surface area contributed by atoms with Gasteiger partial charge in [0.2, 0.25) is 0 Å². The second kappa shape index (κ2) is 8.95. The molecule has 7 heteroatoms. The summed E-state index contributed by atoms with van der Waals surface area (Å²) in [5.74, 6) is -1.39. The summed E-state index contributed by atoms with van der Waals surface area (Å²) in [4.78, 5) is 2.47. The molecule has 0 spiro atoms. The lowest BCUT2D eigenvalue weighted by Crippen LogP contribution is -2.55. The van der Waals surface area contributed by atoms with Crippen LogP contribution in [0.5, 0.6) is 0 Å². The summed E-state index contributed by atoms with van der Waals surface area (Å²) in [7, 11) is 0. The van der Waals surface area contributed by atoms with Gasteiger partial charge in [-0.15, -0.1) is 23.5 Å². The van der Waals surface area contributed by atoms with Gasteiger partial charge in [-0.1, -0.05) is 36.4 Å². The summed E-state index contributed by atoms with van der Waals surface area (Å²) >= 11 is 3.70. The van der Waals surface area contributed by atoms with Crippen molar-refractivity contribution in [2.45, 2.75) is 90.8 Å². The van der Waals surface area contributed by atoms with E-state index in [0.717, 1.165) is 6.42 Å². The summed E-state index contributed by atoms with van der Waals surface area (Å²) in [6.45, 7) is 7.73. The van der Waals surface area contributed by atoms with Crippen LogP contribution in [-0.4, -0.2) is 46.9 Å². The Morgan fingerprint density at radius 1 is 0.688 bits per heavy atom. The Morgan fingerprint density at radius 2 is 1.19 bits per heavy atom. The van der Waals surface area contributed by atoms with Crippen molar-refractivity contribution in [3.8, 4) is 0 Å². The first kappa shape index (κ1) is 22.7. The van der Waals surface area contributed by atoms with E-state index in [0.29, 0.717) is 0 Å². The molecule has 5 nitrogen and oxygen atoms in total. The molecule has 3 aliphatic rings. The van der Waals surface area contributed by atoms with Gasteiger partial charge >= 0.3 is 0 Å². The number of benzene rings is 2. The normalized spacial score (nSPS) is 32.6. The average molecular weight is 475 g/mol. The molecular weight excluding hydrogens is 444 g/mol. The third-order valence-corrected chi connectivity index (χ3v) is 8.27. The zero-order valence-corrected chi connectivity index (χ0v) is 20.4. The number of fused-ring (bicyclic) bond motifs is 3. The van der Waals surface area contributed by atoms with E-state index in [-0.39, 0.29) is 29.0 Å². The number of thioether (sulfide) groups is 2. The van der Waals surface area contributed by atoms with Gasteiger partial charge in [-0.3, -0.25) is 0 Å². The smallest absolute Gasteiger partial charge is 0.190 e. The standard InChI is InChI=1S/C25H30O5S2/c1-24(2)27-20-18(26-23-22(21(20)28-24)29-25(3,4)30-23)15-19(31-16-11-7-5-8-12-16)32-17-13-9-6-10-14-17/h5-14,18-23H,15H2,1-4H3/t18-,20+,21+,22-,23-/m1/s1. The van der Waals surface area contributed by atoms with Gasteiger partial charge in [0.1, 0.15) is 18.3 Å². The van der Waals surface area contributed by atoms with Gasteiger partial charge in [0, 0.05) is 9.79 Å². The lowest BCUT2D eigenvalue weighted by molar-refractivity contribution is -0.234. The number of rotatable bonds is 6. The van der Waals surface area contributed by atoms with Crippen molar-refractivity contribution in [3.63, 3.8) is 0 Å². The number of hydrogen-bond acceptors (Lipinski definition) is 7. The molecule has 5 atom stereocenters. The van der Waals surface area contributed by atoms with Crippen LogP contribution in [0.25, 0.3) is 0 Å². The van der Waals surface area contributed by atoms with E-state index in [1.54, 1.807) is 0 Å². The Hall–Kier alpha value is -1.06. The number of hydrogen-bond donors (Lipinski definition) is 0. The van der Waals surface area contributed by atoms with Crippen LogP contribution in [0.4, 0.5) is 0 Å². The molecule has 32 heavy (non-hydrogen) atoms. The van der Waals surface area contributed by atoms with Crippen LogP contribution < -0.4 is 0 Å². The van der Waals surface area contributed by atoms with Gasteiger partial charge in [-0.2, -0.15) is 0 Å². The first-order valence-electron chi connectivity index (χ1n) is 11.1. The average Bonchev–Trinajstić information content (AvgIpc) is 3.24. The molecule has 3 saturated heterocycles. The summed E-state index contributed by atoms with van der Waals surface area (Å²) in [6, 6.07) is 21.0. The highest BCUT2D eigenvalue weighted by atomic mass is 32.2. The van der Waals surface area contributed by atoms with Gasteiger partial charge < -0.3 is 23.7 Å². The molecule has 0 saturated carbocycles. The Morgan fingerprint density at radius 3 is 1.78 bits per heavy atom. The van der Waals surface area contributed by atoms with E-state index in [9.17, 15) is 0 Å². The van der Waals surface area contributed by atoms with Gasteiger partial charge in [0.05, 0.1) is 10.7 Å². The molecule has 5 rings (SSSR count). The van der Waals surface area contributed by atoms with Crippen molar-refractivity contribution in [3.05, 3.63) is 60.7 Å². The van der Waals surface area contributed by atoms with Crippen molar-refractivity contribution >= 4 is 23.5 Å². The second-order valence-corrected chi connectivity index (χ2v) is 12.1. The molecule has 0 aromatic heterocycles. The Bertz CT molecular complexity index is 866. The highest BCUT2D eigenvalue weighted by Crippen LogP contribution is 2.47. The maximum absolute atomic E-state index is 6.48. The van der Waals surface area contributed by atoms with Crippen molar-refractivity contribution in [1.82, 2.24) is 0 Å². The zero-order valence-electron chi connectivity index (χ0n) is 18.8. The summed E-state index contributed by atoms with van der Waals surface area (Å²) in [5, 5.41) is 0. The SMILES string of the molecule is CC1(C)O[C@H]2[C@@H](O1)[C@@H](CC(Sc1ccccc1)Sc1ccccc1)O[C@@H]1OC(C)(C)O[C@@H]12. The zero-order chi connectivity index (χ0) is 22.3. The Balaban J connectivity index is 1.39. The molecular formula is C25H30O5S2. The molecule has 0 radical (unpaired) electrons. The quantitative estimate of drug-likeness (QED) is 0.394. The molecule has 0 amide bonds. The fourth-order valence-corrected chi connectivity index (χ4v) is 7.16. The monoisotopic (exact) mass is 474 g/mol. The lowest BCUT2D eigenvalue weighted by atomic mass is 9.97. The van der Waals surface area contributed by atoms with E-state index in [1.807, 2.05) is 63.4 Å². The second-order valence-electron chi connectivity index (χ2n) is 9.23. The molecule has 0 unspecified atom stereocenters. The third-order valence-electron chi connectivity index (χ3n) is 5.70. The first-order valence-corrected chi connectivity index (χ1v) is 12.8. The molecule has 3 heterocycles. The molecule has 0 bridgehead atoms. The minimum atomic E-state index is -0.707. The fraction of sp³-hybridized carbons (Fsp3) is 0.520. The largest absolute Gasteiger partial charge is 0.344 e. The fourth-order valence-electron chi connectivity index (χ4n) is 4.49. The van der Waals surface area contributed by atoms with Crippen LogP contribution in [-0.2, 0) is 23.7 Å². The predicted octanol–water partition coefficient (Wildman–Crippen LogP) is 5.68. The van der Waals surface area contributed by atoms with Gasteiger partial charge in [0.15, 0.2) is 17.9 Å². The van der Waals surface area contributed by atoms with E-state index in [2.05, 4.69) is 48.5 Å². The maximum atomic E-state index is 6.48.